The Morgan fingerprint density at radius 1 is 1.29 bits per heavy atom. The maximum absolute atomic E-state index is 12.8. The van der Waals surface area contributed by atoms with Crippen molar-refractivity contribution >= 4 is 29.3 Å². The summed E-state index contributed by atoms with van der Waals surface area (Å²) < 4.78 is 31.0. The number of hydrogen-bond donors (Lipinski definition) is 1. The molecule has 0 bridgehead atoms. The van der Waals surface area contributed by atoms with Crippen molar-refractivity contribution in [1.29, 1.82) is 0 Å². The summed E-state index contributed by atoms with van der Waals surface area (Å²) in [5.74, 6) is 0.744. The molecule has 0 aliphatic carbocycles. The van der Waals surface area contributed by atoms with Crippen molar-refractivity contribution in [2.45, 2.75) is 38.7 Å². The molecule has 9 heteroatoms. The van der Waals surface area contributed by atoms with Crippen molar-refractivity contribution in [2.75, 3.05) is 18.4 Å². The van der Waals surface area contributed by atoms with Gasteiger partial charge in [0.1, 0.15) is 22.4 Å². The van der Waals surface area contributed by atoms with Crippen LogP contribution in [0.25, 0.3) is 0 Å². The Morgan fingerprint density at radius 3 is 2.64 bits per heavy atom. The van der Waals surface area contributed by atoms with E-state index in [9.17, 15) is 13.6 Å². The van der Waals surface area contributed by atoms with E-state index in [1.165, 1.54) is 18.3 Å². The number of carbonyl (C=O) groups is 1. The molecule has 150 valence electrons. The summed E-state index contributed by atoms with van der Waals surface area (Å²) in [5, 5.41) is 3.17. The Hall–Kier alpha value is -2.48. The van der Waals surface area contributed by atoms with E-state index in [2.05, 4.69) is 15.3 Å². The Kier molecular flexibility index (Phi) is 5.69. The molecule has 0 aromatic carbocycles. The number of alkyl halides is 2. The van der Waals surface area contributed by atoms with Crippen LogP contribution < -0.4 is 5.32 Å². The topological polar surface area (TPSA) is 67.3 Å². The van der Waals surface area contributed by atoms with Gasteiger partial charge in [-0.05, 0) is 50.6 Å². The summed E-state index contributed by atoms with van der Waals surface area (Å²) in [6.45, 7) is 6.47. The highest BCUT2D eigenvalue weighted by Crippen LogP contribution is 2.31. The summed E-state index contributed by atoms with van der Waals surface area (Å²) in [5.41, 5.74) is 0.220. The van der Waals surface area contributed by atoms with Gasteiger partial charge in [-0.2, -0.15) is 0 Å². The van der Waals surface area contributed by atoms with Crippen LogP contribution in [0.3, 0.4) is 0 Å². The molecule has 0 atom stereocenters. The average Bonchev–Trinajstić information content (AvgIpc) is 2.51. The molecule has 1 N–H and O–H groups in total. The first kappa shape index (κ1) is 20.3. The molecule has 0 unspecified atom stereocenters. The first-order chi connectivity index (χ1) is 13.1. The lowest BCUT2D eigenvalue weighted by Gasteiger charge is -2.40. The maximum Gasteiger partial charge on any atom is 0.410 e. The number of carbonyl (C=O) groups excluding carboxylic acids is 1. The van der Waals surface area contributed by atoms with E-state index < -0.39 is 12.0 Å². The second-order valence-corrected chi connectivity index (χ2v) is 7.98. The van der Waals surface area contributed by atoms with E-state index in [4.69, 9.17) is 16.3 Å². The number of aromatic nitrogens is 2. The largest absolute Gasteiger partial charge is 0.444 e. The van der Waals surface area contributed by atoms with Crippen LogP contribution >= 0.6 is 11.6 Å². The summed E-state index contributed by atoms with van der Waals surface area (Å²) in [7, 11) is 0. The van der Waals surface area contributed by atoms with Gasteiger partial charge in [-0.3, -0.25) is 0 Å². The lowest BCUT2D eigenvalue weighted by atomic mass is 9.92. The normalized spacial score (nSPS) is 14.8. The molecule has 28 heavy (non-hydrogen) atoms. The Morgan fingerprint density at radius 2 is 2.00 bits per heavy atom. The molecule has 3 rings (SSSR count). The van der Waals surface area contributed by atoms with E-state index in [0.717, 1.165) is 5.56 Å². The van der Waals surface area contributed by atoms with E-state index in [1.54, 1.807) is 17.0 Å². The highest BCUT2D eigenvalue weighted by molar-refractivity contribution is 6.29. The predicted octanol–water partition coefficient (Wildman–Crippen LogP) is 5.15. The van der Waals surface area contributed by atoms with Crippen molar-refractivity contribution in [3.8, 4) is 0 Å². The molecule has 1 aliphatic heterocycles. The second-order valence-electron chi connectivity index (χ2n) is 7.59. The van der Waals surface area contributed by atoms with Crippen LogP contribution in [0.2, 0.25) is 5.15 Å². The quantitative estimate of drug-likeness (QED) is 0.706. The first-order valence-corrected chi connectivity index (χ1v) is 9.15. The van der Waals surface area contributed by atoms with E-state index in [1.807, 2.05) is 20.8 Å². The van der Waals surface area contributed by atoms with Crippen molar-refractivity contribution in [2.24, 2.45) is 0 Å². The van der Waals surface area contributed by atoms with Crippen LogP contribution in [0.5, 0.6) is 0 Å². The van der Waals surface area contributed by atoms with Gasteiger partial charge in [0.05, 0.1) is 0 Å². The highest BCUT2D eigenvalue weighted by Gasteiger charge is 2.34. The van der Waals surface area contributed by atoms with E-state index >= 15 is 0 Å². The summed E-state index contributed by atoms with van der Waals surface area (Å²) >= 11 is 6.11. The number of amides is 1. The Bertz CT molecular complexity index is 867. The molecule has 2 aromatic heterocycles. The number of anilines is 2. The minimum atomic E-state index is -2.58. The molecule has 0 saturated carbocycles. The number of rotatable bonds is 4. The minimum Gasteiger partial charge on any atom is -0.444 e. The third-order valence-electron chi connectivity index (χ3n) is 4.11. The molecule has 1 saturated heterocycles. The van der Waals surface area contributed by atoms with Gasteiger partial charge in [0.2, 0.25) is 0 Å². The number of pyridine rings is 2. The number of nitrogens with one attached hydrogen (secondary N) is 1. The third kappa shape index (κ3) is 5.07. The molecular formula is C19H21ClF2N4O2. The van der Waals surface area contributed by atoms with Gasteiger partial charge in [0, 0.05) is 30.8 Å². The fourth-order valence-electron chi connectivity index (χ4n) is 2.76. The minimum absolute atomic E-state index is 0.0916. The van der Waals surface area contributed by atoms with Crippen LogP contribution in [-0.4, -0.2) is 39.7 Å². The first-order valence-electron chi connectivity index (χ1n) is 8.77. The predicted molar refractivity (Wildman–Crippen MR) is 102 cm³/mol. The van der Waals surface area contributed by atoms with Crippen LogP contribution in [0.4, 0.5) is 25.2 Å². The van der Waals surface area contributed by atoms with E-state index in [0.29, 0.717) is 18.9 Å². The molecule has 2 aromatic rings. The number of halogens is 3. The number of hydrogen-bond acceptors (Lipinski definition) is 5. The SMILES string of the molecule is CC(C)(C)OC(=O)N1CC(c2cc(Cl)nc(Nc3cc(C(F)F)ccn3)c2)C1. The van der Waals surface area contributed by atoms with Crippen LogP contribution in [0.15, 0.2) is 30.5 Å². The van der Waals surface area contributed by atoms with Crippen molar-refractivity contribution < 1.29 is 18.3 Å². The number of nitrogens with zero attached hydrogens (tertiary/aromatic N) is 3. The zero-order valence-electron chi connectivity index (χ0n) is 15.7. The van der Waals surface area contributed by atoms with Crippen molar-refractivity contribution in [3.05, 3.63) is 46.7 Å². The fraction of sp³-hybridized carbons (Fsp3) is 0.421. The highest BCUT2D eigenvalue weighted by atomic mass is 35.5. The zero-order valence-corrected chi connectivity index (χ0v) is 16.5. The molecule has 3 heterocycles. The van der Waals surface area contributed by atoms with Gasteiger partial charge >= 0.3 is 6.09 Å². The summed E-state index contributed by atoms with van der Waals surface area (Å²) in [6, 6.07) is 6.03. The monoisotopic (exact) mass is 410 g/mol. The van der Waals surface area contributed by atoms with Gasteiger partial charge in [-0.25, -0.2) is 23.5 Å². The smallest absolute Gasteiger partial charge is 0.410 e. The molecule has 1 amide bonds. The zero-order chi connectivity index (χ0) is 20.5. The van der Waals surface area contributed by atoms with Crippen molar-refractivity contribution in [3.63, 3.8) is 0 Å². The Balaban J connectivity index is 1.68. The molecular weight excluding hydrogens is 390 g/mol. The Labute approximate surface area is 166 Å². The van der Waals surface area contributed by atoms with Crippen molar-refractivity contribution in [1.82, 2.24) is 14.9 Å². The molecule has 1 aliphatic rings. The fourth-order valence-corrected chi connectivity index (χ4v) is 2.98. The van der Waals surface area contributed by atoms with Crippen LogP contribution in [-0.2, 0) is 4.74 Å². The summed E-state index contributed by atoms with van der Waals surface area (Å²) in [6.07, 6.45) is -1.63. The van der Waals surface area contributed by atoms with Gasteiger partial charge in [0.15, 0.2) is 0 Å². The van der Waals surface area contributed by atoms with Gasteiger partial charge in [0.25, 0.3) is 6.43 Å². The maximum atomic E-state index is 12.8. The second kappa shape index (κ2) is 7.87. The molecule has 1 fully saturated rings. The standard InChI is InChI=1S/C19H21ClF2N4O2/c1-19(2,3)28-18(27)26-9-13(10-26)12-6-14(20)24-16(8-12)25-15-7-11(17(21)22)4-5-23-15/h4-8,13,17H,9-10H2,1-3H3,(H,23,24,25). The van der Waals surface area contributed by atoms with Crippen LogP contribution in [0.1, 0.15) is 44.2 Å². The molecule has 0 radical (unpaired) electrons. The van der Waals surface area contributed by atoms with Gasteiger partial charge < -0.3 is 15.0 Å². The third-order valence-corrected chi connectivity index (χ3v) is 4.31. The lowest BCUT2D eigenvalue weighted by molar-refractivity contribution is 0.00820. The number of likely N-dealkylation sites (tertiary alicyclic amines) is 1. The molecule has 6 nitrogen and oxygen atoms in total. The van der Waals surface area contributed by atoms with Gasteiger partial charge in [-0.15, -0.1) is 0 Å². The number of ether oxygens (including phenoxy) is 1. The van der Waals surface area contributed by atoms with Gasteiger partial charge in [-0.1, -0.05) is 11.6 Å². The average molecular weight is 411 g/mol. The molecule has 0 spiro atoms. The van der Waals surface area contributed by atoms with Crippen LogP contribution in [0, 0.1) is 0 Å². The summed E-state index contributed by atoms with van der Waals surface area (Å²) in [4.78, 5) is 21.9. The van der Waals surface area contributed by atoms with E-state index in [-0.39, 0.29) is 28.5 Å². The lowest BCUT2D eigenvalue weighted by Crippen LogP contribution is -2.50.